The summed E-state index contributed by atoms with van der Waals surface area (Å²) in [5, 5.41) is 11.2. The minimum absolute atomic E-state index is 0.321. The number of aryl methyl sites for hydroxylation is 1. The fourth-order valence-electron chi connectivity index (χ4n) is 4.07. The van der Waals surface area contributed by atoms with Crippen LogP contribution in [-0.4, -0.2) is 47.2 Å². The molecule has 0 aromatic carbocycles. The van der Waals surface area contributed by atoms with Gasteiger partial charge in [-0.3, -0.25) is 4.90 Å². The molecule has 2 heterocycles. The van der Waals surface area contributed by atoms with Crippen LogP contribution >= 0.6 is 11.3 Å². The number of nitrogens with zero attached hydrogens (tertiary/aromatic N) is 3. The van der Waals surface area contributed by atoms with E-state index in [0.29, 0.717) is 0 Å². The van der Waals surface area contributed by atoms with Crippen LogP contribution in [0.1, 0.15) is 55.2 Å². The number of hydrogen-bond acceptors (Lipinski definition) is 5. The van der Waals surface area contributed by atoms with E-state index in [1.165, 1.54) is 43.6 Å². The molecule has 1 saturated heterocycles. The van der Waals surface area contributed by atoms with Gasteiger partial charge in [-0.2, -0.15) is 0 Å². The second-order valence-corrected chi connectivity index (χ2v) is 7.74. The molecule has 1 unspecified atom stereocenters. The standard InChI is InChI=1S/C16H25N3OS/c20-13-6-3-7-14-15(13)17-16(21-14)19-10-8-18(9-11-19)12-4-1-2-5-12/h12-13,20H,1-11H2. The SMILES string of the molecule is OC1CCCc2sc(N3CCN(C4CCCC4)CC3)nc21. The van der Waals surface area contributed by atoms with E-state index in [9.17, 15) is 5.11 Å². The molecule has 1 aromatic heterocycles. The smallest absolute Gasteiger partial charge is 0.185 e. The first-order chi connectivity index (χ1) is 10.3. The summed E-state index contributed by atoms with van der Waals surface area (Å²) in [5.41, 5.74) is 0.972. The average Bonchev–Trinajstić information content (AvgIpc) is 3.18. The number of anilines is 1. The Morgan fingerprint density at radius 1 is 1.00 bits per heavy atom. The lowest BCUT2D eigenvalue weighted by Gasteiger charge is -2.37. The van der Waals surface area contributed by atoms with Gasteiger partial charge >= 0.3 is 0 Å². The molecule has 116 valence electrons. The molecule has 21 heavy (non-hydrogen) atoms. The van der Waals surface area contributed by atoms with Crippen molar-refractivity contribution >= 4 is 16.5 Å². The summed E-state index contributed by atoms with van der Waals surface area (Å²) < 4.78 is 0. The normalized spacial score (nSPS) is 28.0. The Bertz CT molecular complexity index is 490. The van der Waals surface area contributed by atoms with E-state index in [1.54, 1.807) is 0 Å². The second kappa shape index (κ2) is 5.86. The Hall–Kier alpha value is -0.650. The van der Waals surface area contributed by atoms with Crippen molar-refractivity contribution < 1.29 is 5.11 Å². The number of hydrogen-bond donors (Lipinski definition) is 1. The first-order valence-corrected chi connectivity index (χ1v) is 9.29. The minimum Gasteiger partial charge on any atom is -0.387 e. The zero-order valence-electron chi connectivity index (χ0n) is 12.6. The highest BCUT2D eigenvalue weighted by atomic mass is 32.1. The van der Waals surface area contributed by atoms with Gasteiger partial charge in [0.05, 0.1) is 11.8 Å². The van der Waals surface area contributed by atoms with Crippen LogP contribution in [0.4, 0.5) is 5.13 Å². The van der Waals surface area contributed by atoms with Gasteiger partial charge < -0.3 is 10.0 Å². The van der Waals surface area contributed by atoms with Gasteiger partial charge in [-0.25, -0.2) is 4.98 Å². The Morgan fingerprint density at radius 3 is 2.48 bits per heavy atom. The summed E-state index contributed by atoms with van der Waals surface area (Å²) in [4.78, 5) is 11.2. The van der Waals surface area contributed by atoms with Gasteiger partial charge in [0.2, 0.25) is 0 Å². The van der Waals surface area contributed by atoms with Crippen molar-refractivity contribution in [2.24, 2.45) is 0 Å². The van der Waals surface area contributed by atoms with Crippen molar-refractivity contribution in [2.75, 3.05) is 31.1 Å². The third-order valence-corrected chi connectivity index (χ3v) is 6.53. The third-order valence-electron chi connectivity index (χ3n) is 5.34. The molecule has 1 atom stereocenters. The third kappa shape index (κ3) is 2.71. The zero-order valence-corrected chi connectivity index (χ0v) is 13.4. The van der Waals surface area contributed by atoms with Crippen LogP contribution < -0.4 is 4.90 Å². The van der Waals surface area contributed by atoms with Gasteiger partial charge in [-0.15, -0.1) is 11.3 Å². The maximum atomic E-state index is 10.1. The maximum absolute atomic E-state index is 10.1. The van der Waals surface area contributed by atoms with Gasteiger partial charge in [-0.1, -0.05) is 12.8 Å². The number of piperazine rings is 1. The number of thiazole rings is 1. The lowest BCUT2D eigenvalue weighted by molar-refractivity contribution is 0.153. The predicted molar refractivity (Wildman–Crippen MR) is 86.1 cm³/mol. The van der Waals surface area contributed by atoms with Gasteiger partial charge in [0.1, 0.15) is 0 Å². The fraction of sp³-hybridized carbons (Fsp3) is 0.812. The summed E-state index contributed by atoms with van der Waals surface area (Å²) in [6, 6.07) is 0.846. The van der Waals surface area contributed by atoms with Crippen molar-refractivity contribution in [3.05, 3.63) is 10.6 Å². The number of aliphatic hydroxyl groups is 1. The fourth-order valence-corrected chi connectivity index (χ4v) is 5.27. The lowest BCUT2D eigenvalue weighted by Crippen LogP contribution is -2.49. The molecule has 0 radical (unpaired) electrons. The molecule has 0 spiro atoms. The monoisotopic (exact) mass is 307 g/mol. The van der Waals surface area contributed by atoms with Crippen LogP contribution in [0.15, 0.2) is 0 Å². The van der Waals surface area contributed by atoms with E-state index in [0.717, 1.165) is 49.2 Å². The Labute approximate surface area is 130 Å². The Balaban J connectivity index is 1.42. The highest BCUT2D eigenvalue weighted by Crippen LogP contribution is 2.37. The van der Waals surface area contributed by atoms with Gasteiger partial charge in [0, 0.05) is 37.1 Å². The van der Waals surface area contributed by atoms with Gasteiger partial charge in [-0.05, 0) is 32.1 Å². The van der Waals surface area contributed by atoms with Crippen LogP contribution in [-0.2, 0) is 6.42 Å². The lowest BCUT2D eigenvalue weighted by atomic mass is 10.0. The van der Waals surface area contributed by atoms with Crippen LogP contribution in [0, 0.1) is 0 Å². The molecule has 3 aliphatic rings. The van der Waals surface area contributed by atoms with Crippen molar-refractivity contribution in [2.45, 2.75) is 57.1 Å². The Kier molecular flexibility index (Phi) is 3.90. The second-order valence-electron chi connectivity index (χ2n) is 6.67. The molecule has 0 bridgehead atoms. The molecule has 2 fully saturated rings. The van der Waals surface area contributed by atoms with Crippen molar-refractivity contribution in [3.8, 4) is 0 Å². The van der Waals surface area contributed by atoms with Crippen LogP contribution in [0.5, 0.6) is 0 Å². The van der Waals surface area contributed by atoms with Crippen LogP contribution in [0.2, 0.25) is 0 Å². The van der Waals surface area contributed by atoms with E-state index < -0.39 is 0 Å². The quantitative estimate of drug-likeness (QED) is 0.911. The highest BCUT2D eigenvalue weighted by molar-refractivity contribution is 7.15. The molecule has 4 rings (SSSR count). The predicted octanol–water partition coefficient (Wildman–Crippen LogP) is 2.58. The average molecular weight is 307 g/mol. The summed E-state index contributed by atoms with van der Waals surface area (Å²) in [5.74, 6) is 0. The first-order valence-electron chi connectivity index (χ1n) is 8.48. The number of aromatic nitrogens is 1. The largest absolute Gasteiger partial charge is 0.387 e. The number of rotatable bonds is 2. The highest BCUT2D eigenvalue weighted by Gasteiger charge is 2.29. The maximum Gasteiger partial charge on any atom is 0.185 e. The van der Waals surface area contributed by atoms with Crippen LogP contribution in [0.25, 0.3) is 0 Å². The van der Waals surface area contributed by atoms with Crippen molar-refractivity contribution in [3.63, 3.8) is 0 Å². The molecule has 1 aliphatic heterocycles. The molecule has 1 saturated carbocycles. The van der Waals surface area contributed by atoms with Gasteiger partial charge in [0.25, 0.3) is 0 Å². The van der Waals surface area contributed by atoms with Gasteiger partial charge in [0.15, 0.2) is 5.13 Å². The molecule has 1 N–H and O–H groups in total. The molecule has 5 heteroatoms. The Morgan fingerprint density at radius 2 is 1.76 bits per heavy atom. The first kappa shape index (κ1) is 14.0. The summed E-state index contributed by atoms with van der Waals surface area (Å²) in [7, 11) is 0. The zero-order chi connectivity index (χ0) is 14.2. The summed E-state index contributed by atoms with van der Waals surface area (Å²) in [6.07, 6.45) is 8.40. The van der Waals surface area contributed by atoms with E-state index in [-0.39, 0.29) is 6.10 Å². The molecular formula is C16H25N3OS. The van der Waals surface area contributed by atoms with Crippen LogP contribution in [0.3, 0.4) is 0 Å². The van der Waals surface area contributed by atoms with Crippen molar-refractivity contribution in [1.82, 2.24) is 9.88 Å². The summed E-state index contributed by atoms with van der Waals surface area (Å²) >= 11 is 1.82. The summed E-state index contributed by atoms with van der Waals surface area (Å²) in [6.45, 7) is 4.55. The number of aliphatic hydroxyl groups excluding tert-OH is 1. The molecule has 4 nitrogen and oxygen atoms in total. The van der Waals surface area contributed by atoms with E-state index in [2.05, 4.69) is 9.80 Å². The topological polar surface area (TPSA) is 39.6 Å². The molecular weight excluding hydrogens is 282 g/mol. The molecule has 2 aliphatic carbocycles. The number of fused-ring (bicyclic) bond motifs is 1. The van der Waals surface area contributed by atoms with E-state index in [1.807, 2.05) is 11.3 Å². The minimum atomic E-state index is -0.321. The molecule has 0 amide bonds. The van der Waals surface area contributed by atoms with Crippen molar-refractivity contribution in [1.29, 1.82) is 0 Å². The van der Waals surface area contributed by atoms with E-state index >= 15 is 0 Å². The van der Waals surface area contributed by atoms with E-state index in [4.69, 9.17) is 4.98 Å². The molecule has 1 aromatic rings.